The van der Waals surface area contributed by atoms with Crippen LogP contribution in [-0.2, 0) is 22.3 Å². The summed E-state index contributed by atoms with van der Waals surface area (Å²) in [6, 6.07) is 7.73. The lowest BCUT2D eigenvalue weighted by Crippen LogP contribution is -2.27. The van der Waals surface area contributed by atoms with E-state index in [9.17, 15) is 8.42 Å². The van der Waals surface area contributed by atoms with E-state index in [-0.39, 0.29) is 5.75 Å². The molecule has 0 spiro atoms. The van der Waals surface area contributed by atoms with Gasteiger partial charge < -0.3 is 5.32 Å². The maximum absolute atomic E-state index is 12.1. The van der Waals surface area contributed by atoms with E-state index in [1.807, 2.05) is 31.3 Å². The van der Waals surface area contributed by atoms with Crippen molar-refractivity contribution in [3.05, 3.63) is 35.4 Å². The zero-order valence-electron chi connectivity index (χ0n) is 12.8. The Kier molecular flexibility index (Phi) is 6.21. The number of hydrogen-bond donors (Lipinski definition) is 2. The highest BCUT2D eigenvalue weighted by Gasteiger charge is 2.16. The van der Waals surface area contributed by atoms with Gasteiger partial charge in [-0.15, -0.1) is 0 Å². The molecule has 1 aromatic carbocycles. The fraction of sp³-hybridized carbons (Fsp3) is 0.625. The van der Waals surface area contributed by atoms with Crippen molar-refractivity contribution in [2.75, 3.05) is 13.6 Å². The molecular formula is C16H26N2O2S. The molecule has 1 fully saturated rings. The minimum atomic E-state index is -3.22. The normalized spacial score (nSPS) is 16.4. The first-order valence-electron chi connectivity index (χ1n) is 7.79. The fourth-order valence-corrected chi connectivity index (χ4v) is 4.11. The summed E-state index contributed by atoms with van der Waals surface area (Å²) in [4.78, 5) is 0. The number of rotatable bonds is 8. The largest absolute Gasteiger partial charge is 0.316 e. The smallest absolute Gasteiger partial charge is 0.215 e. The van der Waals surface area contributed by atoms with E-state index in [1.165, 1.54) is 25.7 Å². The maximum Gasteiger partial charge on any atom is 0.215 e. The molecule has 21 heavy (non-hydrogen) atoms. The van der Waals surface area contributed by atoms with Crippen LogP contribution in [0.1, 0.15) is 43.2 Å². The molecule has 0 unspecified atom stereocenters. The van der Waals surface area contributed by atoms with Gasteiger partial charge in [0.2, 0.25) is 10.0 Å². The first-order chi connectivity index (χ1) is 10.1. The summed E-state index contributed by atoms with van der Waals surface area (Å²) in [7, 11) is -1.32. The van der Waals surface area contributed by atoms with Crippen molar-refractivity contribution in [3.8, 4) is 0 Å². The van der Waals surface area contributed by atoms with Crippen LogP contribution in [0.2, 0.25) is 0 Å². The molecule has 1 aromatic rings. The fourth-order valence-electron chi connectivity index (χ4n) is 2.95. The van der Waals surface area contributed by atoms with E-state index in [2.05, 4.69) is 10.0 Å². The Morgan fingerprint density at radius 3 is 2.33 bits per heavy atom. The molecule has 0 bridgehead atoms. The number of sulfonamides is 1. The van der Waals surface area contributed by atoms with Crippen LogP contribution >= 0.6 is 0 Å². The lowest BCUT2D eigenvalue weighted by Gasteiger charge is -2.10. The van der Waals surface area contributed by atoms with Gasteiger partial charge in [-0.05, 0) is 30.5 Å². The third-order valence-corrected chi connectivity index (χ3v) is 5.47. The summed E-state index contributed by atoms with van der Waals surface area (Å²) in [5, 5.41) is 3.08. The summed E-state index contributed by atoms with van der Waals surface area (Å²) in [5.74, 6) is 0.783. The molecule has 5 heteroatoms. The zero-order valence-corrected chi connectivity index (χ0v) is 13.6. The van der Waals surface area contributed by atoms with Crippen LogP contribution in [0.25, 0.3) is 0 Å². The van der Waals surface area contributed by atoms with Crippen LogP contribution in [0.4, 0.5) is 0 Å². The average Bonchev–Trinajstić information content (AvgIpc) is 2.94. The van der Waals surface area contributed by atoms with Crippen molar-refractivity contribution >= 4 is 10.0 Å². The standard InChI is InChI=1S/C16H26N2O2S/c1-17-12-15-6-8-16(9-7-15)13-21(19,20)18-11-10-14-4-2-3-5-14/h6-9,14,17-18H,2-5,10-13H2,1H3. The predicted molar refractivity (Wildman–Crippen MR) is 86.4 cm³/mol. The van der Waals surface area contributed by atoms with Crippen LogP contribution in [0.15, 0.2) is 24.3 Å². The van der Waals surface area contributed by atoms with Crippen LogP contribution < -0.4 is 10.0 Å². The molecule has 4 nitrogen and oxygen atoms in total. The first kappa shape index (κ1) is 16.5. The molecule has 1 saturated carbocycles. The molecule has 0 amide bonds. The SMILES string of the molecule is CNCc1ccc(CS(=O)(=O)NCCC2CCCC2)cc1. The van der Waals surface area contributed by atoms with E-state index in [0.717, 1.165) is 24.1 Å². The van der Waals surface area contributed by atoms with E-state index < -0.39 is 10.0 Å². The van der Waals surface area contributed by atoms with Crippen molar-refractivity contribution in [1.82, 2.24) is 10.0 Å². The van der Waals surface area contributed by atoms with Crippen LogP contribution in [-0.4, -0.2) is 22.0 Å². The predicted octanol–water partition coefficient (Wildman–Crippen LogP) is 2.41. The molecule has 1 aliphatic rings. The average molecular weight is 310 g/mol. The van der Waals surface area contributed by atoms with Gasteiger partial charge in [-0.25, -0.2) is 13.1 Å². The van der Waals surface area contributed by atoms with Crippen molar-refractivity contribution in [2.24, 2.45) is 5.92 Å². The van der Waals surface area contributed by atoms with E-state index in [4.69, 9.17) is 0 Å². The van der Waals surface area contributed by atoms with Crippen molar-refractivity contribution in [1.29, 1.82) is 0 Å². The van der Waals surface area contributed by atoms with Gasteiger partial charge in [-0.1, -0.05) is 49.9 Å². The third kappa shape index (κ3) is 5.77. The molecule has 118 valence electrons. The topological polar surface area (TPSA) is 58.2 Å². The van der Waals surface area contributed by atoms with Crippen LogP contribution in [0, 0.1) is 5.92 Å². The molecule has 2 N–H and O–H groups in total. The summed E-state index contributed by atoms with van der Waals surface area (Å²) in [6.07, 6.45) is 6.09. The van der Waals surface area contributed by atoms with Gasteiger partial charge in [-0.2, -0.15) is 0 Å². The van der Waals surface area contributed by atoms with Crippen molar-refractivity contribution < 1.29 is 8.42 Å². The van der Waals surface area contributed by atoms with Crippen LogP contribution in [0.3, 0.4) is 0 Å². The van der Waals surface area contributed by atoms with Crippen molar-refractivity contribution in [2.45, 2.75) is 44.4 Å². The number of nitrogens with one attached hydrogen (secondary N) is 2. The maximum atomic E-state index is 12.1. The number of hydrogen-bond acceptors (Lipinski definition) is 3. The van der Waals surface area contributed by atoms with E-state index in [0.29, 0.717) is 12.5 Å². The highest BCUT2D eigenvalue weighted by Crippen LogP contribution is 2.26. The first-order valence-corrected chi connectivity index (χ1v) is 9.44. The van der Waals surface area contributed by atoms with Gasteiger partial charge in [0.1, 0.15) is 0 Å². The molecule has 2 rings (SSSR count). The molecule has 0 heterocycles. The minimum Gasteiger partial charge on any atom is -0.316 e. The van der Waals surface area contributed by atoms with Gasteiger partial charge in [-0.3, -0.25) is 0 Å². The summed E-state index contributed by atoms with van der Waals surface area (Å²) in [5.41, 5.74) is 2.00. The molecule has 0 aromatic heterocycles. The summed E-state index contributed by atoms with van der Waals surface area (Å²) < 4.78 is 26.9. The Bertz CT molecular complexity index is 520. The Morgan fingerprint density at radius 1 is 1.10 bits per heavy atom. The van der Waals surface area contributed by atoms with E-state index in [1.54, 1.807) is 0 Å². The highest BCUT2D eigenvalue weighted by molar-refractivity contribution is 7.88. The number of benzene rings is 1. The Morgan fingerprint density at radius 2 is 1.71 bits per heavy atom. The van der Waals surface area contributed by atoms with Gasteiger partial charge in [0.05, 0.1) is 5.75 Å². The molecule has 0 radical (unpaired) electrons. The molecule has 0 saturated heterocycles. The minimum absolute atomic E-state index is 0.0670. The summed E-state index contributed by atoms with van der Waals surface area (Å²) in [6.45, 7) is 1.37. The van der Waals surface area contributed by atoms with Gasteiger partial charge in [0.25, 0.3) is 0 Å². The quantitative estimate of drug-likeness (QED) is 0.775. The third-order valence-electron chi connectivity index (χ3n) is 4.11. The second-order valence-corrected chi connectivity index (χ2v) is 7.75. The van der Waals surface area contributed by atoms with E-state index >= 15 is 0 Å². The lowest BCUT2D eigenvalue weighted by molar-refractivity contribution is 0.495. The van der Waals surface area contributed by atoms with Gasteiger partial charge in [0.15, 0.2) is 0 Å². The molecule has 0 atom stereocenters. The molecule has 1 aliphatic carbocycles. The highest BCUT2D eigenvalue weighted by atomic mass is 32.2. The second-order valence-electron chi connectivity index (χ2n) is 5.94. The lowest BCUT2D eigenvalue weighted by atomic mass is 10.1. The van der Waals surface area contributed by atoms with Gasteiger partial charge >= 0.3 is 0 Å². The molecular weight excluding hydrogens is 284 g/mol. The zero-order chi connectivity index (χ0) is 15.1. The van der Waals surface area contributed by atoms with Gasteiger partial charge in [0, 0.05) is 13.1 Å². The second kappa shape index (κ2) is 7.92. The Hall–Kier alpha value is -0.910. The monoisotopic (exact) mass is 310 g/mol. The van der Waals surface area contributed by atoms with Crippen LogP contribution in [0.5, 0.6) is 0 Å². The Balaban J connectivity index is 1.79. The summed E-state index contributed by atoms with van der Waals surface area (Å²) >= 11 is 0. The van der Waals surface area contributed by atoms with Crippen molar-refractivity contribution in [3.63, 3.8) is 0 Å². The Labute approximate surface area is 128 Å². The molecule has 0 aliphatic heterocycles.